The molecule has 3 aromatic carbocycles. The fraction of sp³-hybridized carbons (Fsp3) is 0.231. The highest BCUT2D eigenvalue weighted by molar-refractivity contribution is 5.93. The molecular weight excluding hydrogens is 401 g/mol. The number of fused-ring (bicyclic) bond motifs is 1. The van der Waals surface area contributed by atoms with Gasteiger partial charge in [-0.15, -0.1) is 0 Å². The van der Waals surface area contributed by atoms with Crippen molar-refractivity contribution < 1.29 is 4.39 Å². The minimum absolute atomic E-state index is 0.148. The maximum absolute atomic E-state index is 14.3. The third kappa shape index (κ3) is 4.41. The minimum Gasteiger partial charge on any atom is -0.379 e. The SMILES string of the molecule is CN1CC[C@H](Nc2ccc(Nc3ncc4cccc(-c5ccccc5)c4n3)cc2)[C@H](F)C1. The molecule has 162 valence electrons. The minimum atomic E-state index is -0.864. The van der Waals surface area contributed by atoms with E-state index in [9.17, 15) is 4.39 Å². The lowest BCUT2D eigenvalue weighted by molar-refractivity contribution is 0.149. The summed E-state index contributed by atoms with van der Waals surface area (Å²) in [4.78, 5) is 11.3. The average Bonchev–Trinajstić information content (AvgIpc) is 2.82. The van der Waals surface area contributed by atoms with Crippen LogP contribution in [0.15, 0.2) is 79.0 Å². The lowest BCUT2D eigenvalue weighted by Gasteiger charge is -2.33. The zero-order valence-corrected chi connectivity index (χ0v) is 18.0. The van der Waals surface area contributed by atoms with E-state index in [0.29, 0.717) is 12.5 Å². The standard InChI is InChI=1S/C26H26FN5/c1-32-15-14-24(23(27)17-32)29-20-10-12-21(13-11-20)30-26-28-16-19-8-5-9-22(25(19)31-26)18-6-3-2-4-7-18/h2-13,16,23-24,29H,14-15,17H2,1H3,(H,28,30,31)/t23-,24+/m1/s1. The van der Waals surface area contributed by atoms with Crippen molar-refractivity contribution >= 4 is 28.2 Å². The van der Waals surface area contributed by atoms with Crippen LogP contribution in [0.4, 0.5) is 21.7 Å². The average molecular weight is 428 g/mol. The van der Waals surface area contributed by atoms with Crippen molar-refractivity contribution in [2.45, 2.75) is 18.6 Å². The summed E-state index contributed by atoms with van der Waals surface area (Å²) in [6.45, 7) is 1.38. The molecule has 32 heavy (non-hydrogen) atoms. The molecule has 5 rings (SSSR count). The summed E-state index contributed by atoms with van der Waals surface area (Å²) in [6, 6.07) is 24.1. The van der Waals surface area contributed by atoms with Gasteiger partial charge in [0.25, 0.3) is 0 Å². The normalized spacial score (nSPS) is 19.1. The van der Waals surface area contributed by atoms with Crippen LogP contribution in [-0.2, 0) is 0 Å². The summed E-state index contributed by atoms with van der Waals surface area (Å²) in [5, 5.41) is 7.62. The molecule has 6 heteroatoms. The van der Waals surface area contributed by atoms with Crippen LogP contribution < -0.4 is 10.6 Å². The van der Waals surface area contributed by atoms with E-state index >= 15 is 0 Å². The van der Waals surface area contributed by atoms with Crippen molar-refractivity contribution in [3.8, 4) is 11.1 Å². The van der Waals surface area contributed by atoms with Crippen molar-refractivity contribution in [2.24, 2.45) is 0 Å². The van der Waals surface area contributed by atoms with Crippen LogP contribution in [0.5, 0.6) is 0 Å². The zero-order chi connectivity index (χ0) is 21.9. The second kappa shape index (κ2) is 8.93. The first-order valence-electron chi connectivity index (χ1n) is 10.9. The Labute approximate surface area is 187 Å². The van der Waals surface area contributed by atoms with Gasteiger partial charge in [0.05, 0.1) is 11.6 Å². The Morgan fingerprint density at radius 2 is 1.72 bits per heavy atom. The maximum Gasteiger partial charge on any atom is 0.227 e. The molecule has 1 aliphatic heterocycles. The molecule has 1 aromatic heterocycles. The van der Waals surface area contributed by atoms with Crippen molar-refractivity contribution in [1.29, 1.82) is 0 Å². The first-order valence-corrected chi connectivity index (χ1v) is 10.9. The van der Waals surface area contributed by atoms with E-state index in [1.807, 2.05) is 72.7 Å². The molecule has 0 bridgehead atoms. The summed E-state index contributed by atoms with van der Waals surface area (Å²) < 4.78 is 14.3. The molecule has 0 aliphatic carbocycles. The van der Waals surface area contributed by atoms with Gasteiger partial charge in [0, 0.05) is 41.6 Å². The fourth-order valence-corrected chi connectivity index (χ4v) is 4.18. The molecule has 0 saturated carbocycles. The number of benzene rings is 3. The van der Waals surface area contributed by atoms with Crippen LogP contribution in [0.25, 0.3) is 22.0 Å². The quantitative estimate of drug-likeness (QED) is 0.441. The van der Waals surface area contributed by atoms with Gasteiger partial charge in [0.2, 0.25) is 5.95 Å². The van der Waals surface area contributed by atoms with Crippen molar-refractivity contribution in [3.63, 3.8) is 0 Å². The van der Waals surface area contributed by atoms with Gasteiger partial charge in [-0.1, -0.05) is 48.5 Å². The Balaban J connectivity index is 1.33. The smallest absolute Gasteiger partial charge is 0.227 e. The lowest BCUT2D eigenvalue weighted by atomic mass is 10.0. The highest BCUT2D eigenvalue weighted by Gasteiger charge is 2.27. The van der Waals surface area contributed by atoms with E-state index < -0.39 is 6.17 Å². The number of rotatable bonds is 5. The third-order valence-corrected chi connectivity index (χ3v) is 5.93. The van der Waals surface area contributed by atoms with Gasteiger partial charge in [-0.2, -0.15) is 0 Å². The predicted molar refractivity (Wildman–Crippen MR) is 129 cm³/mol. The molecule has 5 nitrogen and oxygen atoms in total. The monoisotopic (exact) mass is 427 g/mol. The van der Waals surface area contributed by atoms with Gasteiger partial charge >= 0.3 is 0 Å². The topological polar surface area (TPSA) is 53.1 Å². The van der Waals surface area contributed by atoms with E-state index in [1.165, 1.54) is 0 Å². The van der Waals surface area contributed by atoms with Crippen LogP contribution in [0.2, 0.25) is 0 Å². The van der Waals surface area contributed by atoms with Gasteiger partial charge < -0.3 is 15.5 Å². The number of para-hydroxylation sites is 1. The number of aromatic nitrogens is 2. The summed E-state index contributed by atoms with van der Waals surface area (Å²) in [6.07, 6.45) is 1.78. The van der Waals surface area contributed by atoms with Crippen LogP contribution >= 0.6 is 0 Å². The predicted octanol–water partition coefficient (Wildman–Crippen LogP) is 5.49. The van der Waals surface area contributed by atoms with E-state index in [2.05, 4.69) is 33.8 Å². The number of piperidine rings is 1. The Morgan fingerprint density at radius 3 is 2.50 bits per heavy atom. The molecule has 2 N–H and O–H groups in total. The van der Waals surface area contributed by atoms with Crippen molar-refractivity contribution in [2.75, 3.05) is 30.8 Å². The molecule has 0 amide bonds. The molecule has 0 spiro atoms. The maximum atomic E-state index is 14.3. The number of nitrogens with one attached hydrogen (secondary N) is 2. The van der Waals surface area contributed by atoms with Crippen LogP contribution in [0, 0.1) is 0 Å². The first-order chi connectivity index (χ1) is 15.7. The van der Waals surface area contributed by atoms with Crippen LogP contribution in [-0.4, -0.2) is 47.2 Å². The Kier molecular flexibility index (Phi) is 5.69. The summed E-state index contributed by atoms with van der Waals surface area (Å²) in [7, 11) is 1.96. The van der Waals surface area contributed by atoms with Gasteiger partial charge in [-0.05, 0) is 43.3 Å². The highest BCUT2D eigenvalue weighted by Crippen LogP contribution is 2.28. The van der Waals surface area contributed by atoms with Crippen LogP contribution in [0.1, 0.15) is 6.42 Å². The second-order valence-electron chi connectivity index (χ2n) is 8.32. The molecular formula is C26H26FN5. The van der Waals surface area contributed by atoms with E-state index in [1.54, 1.807) is 0 Å². The molecule has 0 unspecified atom stereocenters. The number of nitrogens with zero attached hydrogens (tertiary/aromatic N) is 3. The second-order valence-corrected chi connectivity index (χ2v) is 8.32. The number of likely N-dealkylation sites (tertiary alicyclic amines) is 1. The van der Waals surface area contributed by atoms with Gasteiger partial charge in [-0.3, -0.25) is 0 Å². The third-order valence-electron chi connectivity index (χ3n) is 5.93. The Hall–Kier alpha value is -3.51. The lowest BCUT2D eigenvalue weighted by Crippen LogP contribution is -2.46. The van der Waals surface area contributed by atoms with Gasteiger partial charge in [0.15, 0.2) is 0 Å². The number of anilines is 3. The Morgan fingerprint density at radius 1 is 0.938 bits per heavy atom. The number of hydrogen-bond acceptors (Lipinski definition) is 5. The number of alkyl halides is 1. The van der Waals surface area contributed by atoms with Gasteiger partial charge in [-0.25, -0.2) is 14.4 Å². The van der Waals surface area contributed by atoms with Crippen molar-refractivity contribution in [1.82, 2.24) is 14.9 Å². The summed E-state index contributed by atoms with van der Waals surface area (Å²) in [5.41, 5.74) is 4.90. The molecule has 1 aliphatic rings. The largest absolute Gasteiger partial charge is 0.379 e. The van der Waals surface area contributed by atoms with Crippen molar-refractivity contribution in [3.05, 3.63) is 79.0 Å². The summed E-state index contributed by atoms with van der Waals surface area (Å²) in [5.74, 6) is 0.542. The van der Waals surface area contributed by atoms with E-state index in [-0.39, 0.29) is 6.04 Å². The molecule has 4 aromatic rings. The fourth-order valence-electron chi connectivity index (χ4n) is 4.18. The molecule has 2 heterocycles. The molecule has 1 fully saturated rings. The summed E-state index contributed by atoms with van der Waals surface area (Å²) >= 11 is 0. The first kappa shape index (κ1) is 20.4. The Bertz CT molecular complexity index is 1200. The number of halogens is 1. The molecule has 1 saturated heterocycles. The number of hydrogen-bond donors (Lipinski definition) is 2. The van der Waals surface area contributed by atoms with Gasteiger partial charge in [0.1, 0.15) is 6.17 Å². The zero-order valence-electron chi connectivity index (χ0n) is 18.0. The van der Waals surface area contributed by atoms with Crippen LogP contribution in [0.3, 0.4) is 0 Å². The molecule has 0 radical (unpaired) electrons. The molecule has 2 atom stereocenters. The highest BCUT2D eigenvalue weighted by atomic mass is 19.1. The van der Waals surface area contributed by atoms with E-state index in [0.717, 1.165) is 46.4 Å². The van der Waals surface area contributed by atoms with E-state index in [4.69, 9.17) is 4.98 Å².